The summed E-state index contributed by atoms with van der Waals surface area (Å²) in [4.78, 5) is 0. The fourth-order valence-corrected chi connectivity index (χ4v) is 0.829. The Bertz CT molecular complexity index is 150. The molecule has 2 heteroatoms. The van der Waals surface area contributed by atoms with Crippen molar-refractivity contribution in [1.29, 1.82) is 0 Å². The highest BCUT2D eigenvalue weighted by Gasteiger charge is 1.79. The van der Waals surface area contributed by atoms with Crippen LogP contribution in [0.1, 0.15) is 0 Å². The molecule has 1 aromatic rings. The molecule has 0 fully saturated rings. The maximum atomic E-state index is 5.05. The molecule has 0 aromatic heterocycles. The fraction of sp³-hybridized carbons (Fsp3) is 0. The van der Waals surface area contributed by atoms with Crippen LogP contribution in [0, 0.1) is 0 Å². The molecule has 1 rings (SSSR count). The molecule has 0 aliphatic heterocycles. The lowest BCUT2D eigenvalue weighted by atomic mass is 10.3. The van der Waals surface area contributed by atoms with E-state index in [1.807, 2.05) is 30.3 Å². The molecule has 0 spiro atoms. The van der Waals surface area contributed by atoms with E-state index >= 15 is 0 Å². The van der Waals surface area contributed by atoms with Gasteiger partial charge in [0.25, 0.3) is 0 Å². The Hall–Kier alpha value is -0.763. The van der Waals surface area contributed by atoms with Gasteiger partial charge < -0.3 is 4.43 Å². The molecule has 0 radical (unpaired) electrons. The van der Waals surface area contributed by atoms with Crippen molar-refractivity contribution in [3.8, 4) is 5.75 Å². The zero-order valence-electron chi connectivity index (χ0n) is 4.79. The Kier molecular flexibility index (Phi) is 1.69. The lowest BCUT2D eigenvalue weighted by molar-refractivity contribution is 0.616. The van der Waals surface area contributed by atoms with Gasteiger partial charge in [-0.1, -0.05) is 18.2 Å². The summed E-state index contributed by atoms with van der Waals surface area (Å²) in [5.41, 5.74) is 0. The van der Waals surface area contributed by atoms with Gasteiger partial charge in [0.05, 0.1) is 0 Å². The van der Waals surface area contributed by atoms with Gasteiger partial charge in [0.15, 0.2) is 0 Å². The van der Waals surface area contributed by atoms with Crippen molar-refractivity contribution >= 4 is 10.5 Å². The molecule has 0 aliphatic rings. The summed E-state index contributed by atoms with van der Waals surface area (Å²) in [7, 11) is 0.777. The molecule has 0 saturated carbocycles. The van der Waals surface area contributed by atoms with Crippen molar-refractivity contribution in [3.63, 3.8) is 0 Å². The lowest BCUT2D eigenvalue weighted by Gasteiger charge is -1.95. The Morgan fingerprint density at radius 1 is 1.12 bits per heavy atom. The zero-order valence-corrected chi connectivity index (χ0v) is 6.79. The van der Waals surface area contributed by atoms with Crippen molar-refractivity contribution in [2.24, 2.45) is 0 Å². The summed E-state index contributed by atoms with van der Waals surface area (Å²) in [6, 6.07) is 9.81. The topological polar surface area (TPSA) is 9.23 Å². The highest BCUT2D eigenvalue weighted by atomic mass is 28.2. The Morgan fingerprint density at radius 3 is 2.12 bits per heavy atom. The highest BCUT2D eigenvalue weighted by molar-refractivity contribution is 5.99. The third kappa shape index (κ3) is 1.10. The minimum atomic E-state index is 0.777. The molecule has 0 aliphatic carbocycles. The molecule has 1 aromatic carbocycles. The second-order valence-corrected chi connectivity index (χ2v) is 1.93. The first kappa shape index (κ1) is 5.38. The van der Waals surface area contributed by atoms with Gasteiger partial charge in [-0.2, -0.15) is 0 Å². The maximum Gasteiger partial charge on any atom is 0.204 e. The van der Waals surface area contributed by atoms with E-state index in [1.165, 1.54) is 0 Å². The molecule has 0 atom stereocenters. The summed E-state index contributed by atoms with van der Waals surface area (Å²) >= 11 is 0. The van der Waals surface area contributed by atoms with Crippen LogP contribution in [-0.2, 0) is 0 Å². The van der Waals surface area contributed by atoms with Gasteiger partial charge in [-0.05, 0) is 12.1 Å². The minimum absolute atomic E-state index is 0.777. The van der Waals surface area contributed by atoms with E-state index in [4.69, 9.17) is 4.43 Å². The molecule has 0 N–H and O–H groups in total. The predicted molar refractivity (Wildman–Crippen MR) is 37.0 cm³/mol. The normalized spacial score (nSPS) is 9.00. The standard InChI is InChI=1S/C6H8OSi/c8-7-6-4-2-1-3-5-6/h1-5H,8H3. The van der Waals surface area contributed by atoms with Gasteiger partial charge in [-0.15, -0.1) is 0 Å². The molecule has 1 nitrogen and oxygen atoms in total. The lowest BCUT2D eigenvalue weighted by Crippen LogP contribution is -1.81. The van der Waals surface area contributed by atoms with Crippen molar-refractivity contribution in [3.05, 3.63) is 30.3 Å². The average Bonchev–Trinajstić information content (AvgIpc) is 1.90. The third-order valence-corrected chi connectivity index (χ3v) is 1.45. The van der Waals surface area contributed by atoms with Gasteiger partial charge in [0, 0.05) is 0 Å². The van der Waals surface area contributed by atoms with Crippen LogP contribution >= 0.6 is 0 Å². The van der Waals surface area contributed by atoms with Crippen molar-refractivity contribution in [1.82, 2.24) is 0 Å². The van der Waals surface area contributed by atoms with Gasteiger partial charge in [-0.3, -0.25) is 0 Å². The van der Waals surface area contributed by atoms with Crippen LogP contribution in [0.15, 0.2) is 30.3 Å². The first-order chi connectivity index (χ1) is 3.93. The smallest absolute Gasteiger partial charge is 0.204 e. The summed E-state index contributed by atoms with van der Waals surface area (Å²) in [6.45, 7) is 0. The Balaban J connectivity index is 2.83. The van der Waals surface area contributed by atoms with E-state index in [0.29, 0.717) is 0 Å². The third-order valence-electron chi connectivity index (χ3n) is 0.979. The number of rotatable bonds is 1. The molecule has 0 saturated heterocycles. The number of benzene rings is 1. The molecule has 0 heterocycles. The average molecular weight is 124 g/mol. The van der Waals surface area contributed by atoms with Crippen molar-refractivity contribution in [2.45, 2.75) is 0 Å². The molecular weight excluding hydrogens is 116 g/mol. The van der Waals surface area contributed by atoms with Crippen molar-refractivity contribution < 1.29 is 4.43 Å². The van der Waals surface area contributed by atoms with Gasteiger partial charge in [0.2, 0.25) is 10.5 Å². The monoisotopic (exact) mass is 124 g/mol. The quantitative estimate of drug-likeness (QED) is 0.491. The summed E-state index contributed by atoms with van der Waals surface area (Å²) in [6.07, 6.45) is 0. The van der Waals surface area contributed by atoms with E-state index in [9.17, 15) is 0 Å². The molecule has 0 amide bonds. The summed E-state index contributed by atoms with van der Waals surface area (Å²) in [5, 5.41) is 0. The van der Waals surface area contributed by atoms with Crippen LogP contribution in [0.5, 0.6) is 5.75 Å². The molecule has 8 heavy (non-hydrogen) atoms. The van der Waals surface area contributed by atoms with Crippen LogP contribution in [0.3, 0.4) is 0 Å². The summed E-state index contributed by atoms with van der Waals surface area (Å²) < 4.78 is 5.05. The SMILES string of the molecule is [SiH3]Oc1ccccc1. The van der Waals surface area contributed by atoms with Crippen molar-refractivity contribution in [2.75, 3.05) is 0 Å². The van der Waals surface area contributed by atoms with Crippen LogP contribution in [0.2, 0.25) is 0 Å². The van der Waals surface area contributed by atoms with Crippen LogP contribution in [0.25, 0.3) is 0 Å². The van der Waals surface area contributed by atoms with Gasteiger partial charge in [-0.25, -0.2) is 0 Å². The highest BCUT2D eigenvalue weighted by Crippen LogP contribution is 2.05. The maximum absolute atomic E-state index is 5.05. The first-order valence-electron chi connectivity index (χ1n) is 2.52. The van der Waals surface area contributed by atoms with Gasteiger partial charge >= 0.3 is 0 Å². The minimum Gasteiger partial charge on any atom is -0.553 e. The van der Waals surface area contributed by atoms with Crippen LogP contribution < -0.4 is 4.43 Å². The summed E-state index contributed by atoms with van der Waals surface area (Å²) in [5.74, 6) is 0.971. The number of hydrogen-bond acceptors (Lipinski definition) is 1. The predicted octanol–water partition coefficient (Wildman–Crippen LogP) is 0.346. The van der Waals surface area contributed by atoms with E-state index in [2.05, 4.69) is 0 Å². The second-order valence-electron chi connectivity index (χ2n) is 1.52. The number of para-hydroxylation sites is 1. The Morgan fingerprint density at radius 2 is 1.75 bits per heavy atom. The number of hydrogen-bond donors (Lipinski definition) is 0. The van der Waals surface area contributed by atoms with E-state index in [0.717, 1.165) is 16.2 Å². The molecule has 42 valence electrons. The van der Waals surface area contributed by atoms with E-state index in [-0.39, 0.29) is 0 Å². The largest absolute Gasteiger partial charge is 0.553 e. The van der Waals surface area contributed by atoms with Crippen LogP contribution in [-0.4, -0.2) is 10.5 Å². The van der Waals surface area contributed by atoms with Crippen LogP contribution in [0.4, 0.5) is 0 Å². The second kappa shape index (κ2) is 2.52. The molecular formula is C6H8OSi. The van der Waals surface area contributed by atoms with E-state index < -0.39 is 0 Å². The fourth-order valence-electron chi connectivity index (χ4n) is 0.557. The van der Waals surface area contributed by atoms with E-state index in [1.54, 1.807) is 0 Å². The zero-order chi connectivity index (χ0) is 5.82. The Labute approximate surface area is 51.8 Å². The van der Waals surface area contributed by atoms with Gasteiger partial charge in [0.1, 0.15) is 5.75 Å². The first-order valence-corrected chi connectivity index (χ1v) is 3.34. The molecule has 0 bridgehead atoms. The molecule has 0 unspecified atom stereocenters.